The summed E-state index contributed by atoms with van der Waals surface area (Å²) in [4.78, 5) is 2.28. The van der Waals surface area contributed by atoms with Crippen LogP contribution >= 0.6 is 0 Å². The van der Waals surface area contributed by atoms with E-state index in [0.29, 0.717) is 12.6 Å². The van der Waals surface area contributed by atoms with Crippen LogP contribution in [0.2, 0.25) is 0 Å². The van der Waals surface area contributed by atoms with Gasteiger partial charge in [0.1, 0.15) is 0 Å². The van der Waals surface area contributed by atoms with E-state index in [9.17, 15) is 5.11 Å². The summed E-state index contributed by atoms with van der Waals surface area (Å²) in [5, 5.41) is 13.2. The van der Waals surface area contributed by atoms with Crippen LogP contribution in [-0.2, 0) is 0 Å². The summed E-state index contributed by atoms with van der Waals surface area (Å²) < 4.78 is 0. The molecule has 17 heavy (non-hydrogen) atoms. The molecule has 1 aromatic carbocycles. The molecule has 0 saturated carbocycles. The topological polar surface area (TPSA) is 35.5 Å². The number of aliphatic hydroxyl groups is 1. The minimum absolute atomic E-state index is 0.416. The Labute approximate surface area is 104 Å². The average Bonchev–Trinajstić information content (AvgIpc) is 2.35. The van der Waals surface area contributed by atoms with Crippen molar-refractivity contribution in [2.45, 2.75) is 26.0 Å². The number of rotatable bonds is 7. The molecule has 1 rings (SSSR count). The van der Waals surface area contributed by atoms with Crippen LogP contribution in [-0.4, -0.2) is 42.7 Å². The highest BCUT2D eigenvalue weighted by Gasteiger charge is 2.06. The third-order valence-corrected chi connectivity index (χ3v) is 3.04. The Morgan fingerprint density at radius 2 is 1.88 bits per heavy atom. The molecule has 3 heteroatoms. The standard InChI is InChI=1S/C14H24N2O/c1-12(2)16(3)10-9-15-11-14(17)13-7-5-4-6-8-13/h4-8,12,14-15,17H,9-11H2,1-3H3. The molecule has 1 unspecified atom stereocenters. The first-order valence-electron chi connectivity index (χ1n) is 6.25. The largest absolute Gasteiger partial charge is 0.387 e. The molecule has 0 aliphatic rings. The van der Waals surface area contributed by atoms with Gasteiger partial charge in [-0.1, -0.05) is 30.3 Å². The first-order valence-corrected chi connectivity index (χ1v) is 6.25. The van der Waals surface area contributed by atoms with Crippen molar-refractivity contribution in [3.05, 3.63) is 35.9 Å². The first kappa shape index (κ1) is 14.2. The number of hydrogen-bond donors (Lipinski definition) is 2. The van der Waals surface area contributed by atoms with Gasteiger partial charge in [-0.3, -0.25) is 0 Å². The number of likely N-dealkylation sites (N-methyl/N-ethyl adjacent to an activating group) is 1. The molecule has 0 heterocycles. The fourth-order valence-corrected chi connectivity index (χ4v) is 1.55. The van der Waals surface area contributed by atoms with Crippen molar-refractivity contribution < 1.29 is 5.11 Å². The van der Waals surface area contributed by atoms with Crippen molar-refractivity contribution in [1.82, 2.24) is 10.2 Å². The Balaban J connectivity index is 2.19. The number of nitrogens with one attached hydrogen (secondary N) is 1. The van der Waals surface area contributed by atoms with Gasteiger partial charge in [-0.2, -0.15) is 0 Å². The molecule has 0 saturated heterocycles. The fourth-order valence-electron chi connectivity index (χ4n) is 1.55. The second-order valence-electron chi connectivity index (χ2n) is 4.70. The van der Waals surface area contributed by atoms with E-state index in [4.69, 9.17) is 0 Å². The molecule has 1 atom stereocenters. The molecular weight excluding hydrogens is 212 g/mol. The first-order chi connectivity index (χ1) is 8.11. The number of aliphatic hydroxyl groups excluding tert-OH is 1. The van der Waals surface area contributed by atoms with Crippen LogP contribution in [0, 0.1) is 0 Å². The number of benzene rings is 1. The van der Waals surface area contributed by atoms with Gasteiger partial charge in [0, 0.05) is 25.7 Å². The van der Waals surface area contributed by atoms with E-state index >= 15 is 0 Å². The van der Waals surface area contributed by atoms with Gasteiger partial charge in [0.05, 0.1) is 6.10 Å². The van der Waals surface area contributed by atoms with Crippen molar-refractivity contribution in [3.63, 3.8) is 0 Å². The Morgan fingerprint density at radius 1 is 1.24 bits per heavy atom. The summed E-state index contributed by atoms with van der Waals surface area (Å²) in [5.41, 5.74) is 0.970. The minimum atomic E-state index is -0.416. The van der Waals surface area contributed by atoms with Gasteiger partial charge < -0.3 is 15.3 Å². The molecule has 0 bridgehead atoms. The van der Waals surface area contributed by atoms with Gasteiger partial charge in [0.25, 0.3) is 0 Å². The zero-order valence-corrected chi connectivity index (χ0v) is 11.1. The molecule has 0 aliphatic carbocycles. The van der Waals surface area contributed by atoms with Gasteiger partial charge in [-0.05, 0) is 26.5 Å². The maximum atomic E-state index is 9.92. The van der Waals surface area contributed by atoms with Crippen LogP contribution in [0.15, 0.2) is 30.3 Å². The lowest BCUT2D eigenvalue weighted by Crippen LogP contribution is -2.35. The smallest absolute Gasteiger partial charge is 0.0914 e. The highest BCUT2D eigenvalue weighted by Crippen LogP contribution is 2.10. The second kappa shape index (κ2) is 7.43. The molecule has 0 aromatic heterocycles. The van der Waals surface area contributed by atoms with Crippen LogP contribution in [0.1, 0.15) is 25.5 Å². The van der Waals surface area contributed by atoms with Crippen molar-refractivity contribution in [2.24, 2.45) is 0 Å². The normalized spacial score (nSPS) is 13.3. The van der Waals surface area contributed by atoms with Crippen molar-refractivity contribution >= 4 is 0 Å². The van der Waals surface area contributed by atoms with Crippen LogP contribution in [0.4, 0.5) is 0 Å². The van der Waals surface area contributed by atoms with Gasteiger partial charge in [-0.15, -0.1) is 0 Å². The molecule has 0 amide bonds. The van der Waals surface area contributed by atoms with E-state index in [1.807, 2.05) is 30.3 Å². The summed E-state index contributed by atoms with van der Waals surface area (Å²) >= 11 is 0. The van der Waals surface area contributed by atoms with E-state index in [1.165, 1.54) is 0 Å². The SMILES string of the molecule is CC(C)N(C)CCNCC(O)c1ccccc1. The molecular formula is C14H24N2O. The van der Waals surface area contributed by atoms with Gasteiger partial charge in [-0.25, -0.2) is 0 Å². The molecule has 0 aliphatic heterocycles. The lowest BCUT2D eigenvalue weighted by atomic mass is 10.1. The molecule has 0 radical (unpaired) electrons. The molecule has 0 fully saturated rings. The summed E-state index contributed by atoms with van der Waals surface area (Å²) in [7, 11) is 2.11. The Morgan fingerprint density at radius 3 is 2.47 bits per heavy atom. The average molecular weight is 236 g/mol. The molecule has 2 N–H and O–H groups in total. The molecule has 1 aromatic rings. The van der Waals surface area contributed by atoms with Gasteiger partial charge >= 0.3 is 0 Å². The van der Waals surface area contributed by atoms with Gasteiger partial charge in [0.15, 0.2) is 0 Å². The summed E-state index contributed by atoms with van der Waals surface area (Å²) in [6.07, 6.45) is -0.416. The Bertz CT molecular complexity index is 300. The highest BCUT2D eigenvalue weighted by molar-refractivity contribution is 5.17. The summed E-state index contributed by atoms with van der Waals surface area (Å²) in [5.74, 6) is 0. The van der Waals surface area contributed by atoms with E-state index < -0.39 is 6.10 Å². The third-order valence-electron chi connectivity index (χ3n) is 3.04. The zero-order chi connectivity index (χ0) is 12.7. The number of nitrogens with zero attached hydrogens (tertiary/aromatic N) is 1. The van der Waals surface area contributed by atoms with E-state index in [2.05, 4.69) is 31.1 Å². The fraction of sp³-hybridized carbons (Fsp3) is 0.571. The summed E-state index contributed by atoms with van der Waals surface area (Å²) in [6.45, 7) is 6.87. The second-order valence-corrected chi connectivity index (χ2v) is 4.70. The maximum absolute atomic E-state index is 9.92. The van der Waals surface area contributed by atoms with E-state index in [1.54, 1.807) is 0 Å². The lowest BCUT2D eigenvalue weighted by molar-refractivity contribution is 0.172. The molecule has 96 valence electrons. The predicted octanol–water partition coefficient (Wildman–Crippen LogP) is 1.65. The third kappa shape index (κ3) is 5.31. The minimum Gasteiger partial charge on any atom is -0.387 e. The highest BCUT2D eigenvalue weighted by atomic mass is 16.3. The van der Waals surface area contributed by atoms with Crippen molar-refractivity contribution in [2.75, 3.05) is 26.7 Å². The monoisotopic (exact) mass is 236 g/mol. The van der Waals surface area contributed by atoms with Crippen LogP contribution in [0.25, 0.3) is 0 Å². The maximum Gasteiger partial charge on any atom is 0.0914 e. The van der Waals surface area contributed by atoms with E-state index in [0.717, 1.165) is 18.7 Å². The van der Waals surface area contributed by atoms with Crippen molar-refractivity contribution in [3.8, 4) is 0 Å². The lowest BCUT2D eigenvalue weighted by Gasteiger charge is -2.21. The number of hydrogen-bond acceptors (Lipinski definition) is 3. The van der Waals surface area contributed by atoms with E-state index in [-0.39, 0.29) is 0 Å². The zero-order valence-electron chi connectivity index (χ0n) is 11.1. The summed E-state index contributed by atoms with van der Waals surface area (Å²) in [6, 6.07) is 10.3. The van der Waals surface area contributed by atoms with Gasteiger partial charge in [0.2, 0.25) is 0 Å². The Kier molecular flexibility index (Phi) is 6.19. The molecule has 3 nitrogen and oxygen atoms in total. The Hall–Kier alpha value is -0.900. The van der Waals surface area contributed by atoms with Crippen molar-refractivity contribution in [1.29, 1.82) is 0 Å². The van der Waals surface area contributed by atoms with Crippen LogP contribution in [0.3, 0.4) is 0 Å². The predicted molar refractivity (Wildman–Crippen MR) is 72.0 cm³/mol. The van der Waals surface area contributed by atoms with Crippen LogP contribution < -0.4 is 5.32 Å². The van der Waals surface area contributed by atoms with Crippen LogP contribution in [0.5, 0.6) is 0 Å². The quantitative estimate of drug-likeness (QED) is 0.707. The molecule has 0 spiro atoms.